The Morgan fingerprint density at radius 3 is 2.52 bits per heavy atom. The molecule has 0 bridgehead atoms. The van der Waals surface area contributed by atoms with Gasteiger partial charge in [-0.05, 0) is 30.3 Å². The number of ether oxygens (including phenoxy) is 3. The molecular weight excluding hydrogens is 340 g/mol. The van der Waals surface area contributed by atoms with Crippen LogP contribution < -0.4 is 9.47 Å². The quantitative estimate of drug-likeness (QED) is 0.629. The van der Waals surface area contributed by atoms with Crippen LogP contribution in [0.3, 0.4) is 0 Å². The number of hydrogen-bond donors (Lipinski definition) is 0. The molecule has 0 N–H and O–H groups in total. The standard InChI is InChI=1S/C18H16N2O4S/c1-22-15-6-3-12(4-7-15)17-20-14(11-25-17)10-24-18(21)13-5-8-16(23-2)19-9-13/h3-9,11H,10H2,1-2H3. The Labute approximate surface area is 149 Å². The van der Waals surface area contributed by atoms with Gasteiger partial charge in [0.05, 0.1) is 25.5 Å². The maximum Gasteiger partial charge on any atom is 0.340 e. The second kappa shape index (κ2) is 7.76. The van der Waals surface area contributed by atoms with E-state index in [0.717, 1.165) is 16.3 Å². The van der Waals surface area contributed by atoms with Crippen molar-refractivity contribution in [1.82, 2.24) is 9.97 Å². The zero-order valence-electron chi connectivity index (χ0n) is 13.8. The van der Waals surface area contributed by atoms with Gasteiger partial charge >= 0.3 is 5.97 Å². The minimum absolute atomic E-state index is 0.109. The molecule has 2 heterocycles. The van der Waals surface area contributed by atoms with E-state index in [1.54, 1.807) is 19.2 Å². The van der Waals surface area contributed by atoms with Crippen LogP contribution in [0.25, 0.3) is 10.6 Å². The number of carbonyl (C=O) groups excluding carboxylic acids is 1. The van der Waals surface area contributed by atoms with Crippen molar-refractivity contribution in [3.05, 3.63) is 59.2 Å². The molecule has 0 saturated carbocycles. The predicted octanol–water partition coefficient (Wildman–Crippen LogP) is 3.58. The van der Waals surface area contributed by atoms with Crippen LogP contribution >= 0.6 is 11.3 Å². The van der Waals surface area contributed by atoms with Crippen LogP contribution in [0.15, 0.2) is 48.0 Å². The molecule has 3 rings (SSSR count). The maximum atomic E-state index is 12.0. The van der Waals surface area contributed by atoms with E-state index in [0.29, 0.717) is 17.1 Å². The number of aromatic nitrogens is 2. The predicted molar refractivity (Wildman–Crippen MR) is 94.0 cm³/mol. The van der Waals surface area contributed by atoms with Gasteiger partial charge in [-0.1, -0.05) is 0 Å². The summed E-state index contributed by atoms with van der Waals surface area (Å²) in [5, 5.41) is 2.74. The molecule has 0 saturated heterocycles. The number of methoxy groups -OCH3 is 2. The number of rotatable bonds is 6. The van der Waals surface area contributed by atoms with Gasteiger partial charge in [-0.2, -0.15) is 0 Å². The van der Waals surface area contributed by atoms with Crippen molar-refractivity contribution < 1.29 is 19.0 Å². The molecule has 25 heavy (non-hydrogen) atoms. The average molecular weight is 356 g/mol. The van der Waals surface area contributed by atoms with E-state index in [1.807, 2.05) is 29.6 Å². The highest BCUT2D eigenvalue weighted by molar-refractivity contribution is 7.13. The number of benzene rings is 1. The molecule has 0 fully saturated rings. The van der Waals surface area contributed by atoms with E-state index in [-0.39, 0.29) is 6.61 Å². The number of esters is 1. The number of thiazole rings is 1. The zero-order chi connectivity index (χ0) is 17.6. The molecule has 0 unspecified atom stereocenters. The fourth-order valence-corrected chi connectivity index (χ4v) is 2.89. The third-order valence-corrected chi connectivity index (χ3v) is 4.36. The van der Waals surface area contributed by atoms with E-state index in [1.165, 1.54) is 24.6 Å². The molecule has 0 radical (unpaired) electrons. The molecule has 0 aliphatic heterocycles. The summed E-state index contributed by atoms with van der Waals surface area (Å²) in [4.78, 5) is 20.5. The van der Waals surface area contributed by atoms with Gasteiger partial charge in [0, 0.05) is 23.2 Å². The lowest BCUT2D eigenvalue weighted by atomic mass is 10.2. The van der Waals surface area contributed by atoms with Crippen LogP contribution in [0.1, 0.15) is 16.1 Å². The maximum absolute atomic E-state index is 12.0. The van der Waals surface area contributed by atoms with Gasteiger partial charge in [0.25, 0.3) is 0 Å². The number of carbonyl (C=O) groups is 1. The molecule has 0 atom stereocenters. The van der Waals surface area contributed by atoms with Gasteiger partial charge in [0.1, 0.15) is 17.4 Å². The molecule has 3 aromatic rings. The van der Waals surface area contributed by atoms with E-state index < -0.39 is 5.97 Å². The molecule has 0 spiro atoms. The van der Waals surface area contributed by atoms with Gasteiger partial charge in [-0.3, -0.25) is 0 Å². The third kappa shape index (κ3) is 4.13. The van der Waals surface area contributed by atoms with Gasteiger partial charge in [-0.25, -0.2) is 14.8 Å². The Kier molecular flexibility index (Phi) is 5.25. The second-order valence-corrected chi connectivity index (χ2v) is 5.90. The highest BCUT2D eigenvalue weighted by atomic mass is 32.1. The van der Waals surface area contributed by atoms with Crippen molar-refractivity contribution in [1.29, 1.82) is 0 Å². The van der Waals surface area contributed by atoms with Crippen LogP contribution in [0.2, 0.25) is 0 Å². The lowest BCUT2D eigenvalue weighted by Crippen LogP contribution is -2.06. The molecule has 0 aliphatic carbocycles. The topological polar surface area (TPSA) is 70.5 Å². The molecule has 2 aromatic heterocycles. The first-order valence-corrected chi connectivity index (χ1v) is 8.33. The first kappa shape index (κ1) is 16.9. The third-order valence-electron chi connectivity index (χ3n) is 3.42. The summed E-state index contributed by atoms with van der Waals surface area (Å²) in [7, 11) is 3.15. The summed E-state index contributed by atoms with van der Waals surface area (Å²) < 4.78 is 15.4. The van der Waals surface area contributed by atoms with Crippen molar-refractivity contribution in [3.63, 3.8) is 0 Å². The Morgan fingerprint density at radius 1 is 1.08 bits per heavy atom. The van der Waals surface area contributed by atoms with Crippen molar-refractivity contribution in [2.75, 3.05) is 14.2 Å². The SMILES string of the molecule is COc1ccc(-c2nc(COC(=O)c3ccc(OC)nc3)cs2)cc1. The molecular formula is C18H16N2O4S. The van der Waals surface area contributed by atoms with Crippen LogP contribution in [0, 0.1) is 0 Å². The second-order valence-electron chi connectivity index (χ2n) is 5.04. The van der Waals surface area contributed by atoms with E-state index in [2.05, 4.69) is 9.97 Å². The van der Waals surface area contributed by atoms with Crippen LogP contribution in [0.4, 0.5) is 0 Å². The fraction of sp³-hybridized carbons (Fsp3) is 0.167. The first-order chi connectivity index (χ1) is 12.2. The highest BCUT2D eigenvalue weighted by Crippen LogP contribution is 2.26. The molecule has 7 heteroatoms. The normalized spacial score (nSPS) is 10.3. The Hall–Kier alpha value is -2.93. The molecule has 0 amide bonds. The van der Waals surface area contributed by atoms with Gasteiger partial charge in [0.15, 0.2) is 0 Å². The fourth-order valence-electron chi connectivity index (χ4n) is 2.08. The summed E-state index contributed by atoms with van der Waals surface area (Å²) in [5.41, 5.74) is 2.06. The largest absolute Gasteiger partial charge is 0.497 e. The minimum Gasteiger partial charge on any atom is -0.497 e. The summed E-state index contributed by atoms with van der Waals surface area (Å²) in [5.74, 6) is 0.789. The number of pyridine rings is 1. The van der Waals surface area contributed by atoms with Crippen molar-refractivity contribution in [2.24, 2.45) is 0 Å². The van der Waals surface area contributed by atoms with Crippen LogP contribution in [-0.4, -0.2) is 30.2 Å². The zero-order valence-corrected chi connectivity index (χ0v) is 14.6. The molecule has 1 aromatic carbocycles. The Balaban J connectivity index is 1.61. The molecule has 6 nitrogen and oxygen atoms in total. The van der Waals surface area contributed by atoms with Gasteiger partial charge in [0.2, 0.25) is 5.88 Å². The van der Waals surface area contributed by atoms with E-state index in [4.69, 9.17) is 14.2 Å². The minimum atomic E-state index is -0.450. The Morgan fingerprint density at radius 2 is 1.88 bits per heavy atom. The molecule has 0 aliphatic rings. The van der Waals surface area contributed by atoms with Crippen molar-refractivity contribution in [3.8, 4) is 22.2 Å². The number of nitrogens with zero attached hydrogens (tertiary/aromatic N) is 2. The van der Waals surface area contributed by atoms with Crippen LogP contribution in [0.5, 0.6) is 11.6 Å². The van der Waals surface area contributed by atoms with Crippen LogP contribution in [-0.2, 0) is 11.3 Å². The molecule has 128 valence electrons. The van der Waals surface area contributed by atoms with E-state index >= 15 is 0 Å². The first-order valence-electron chi connectivity index (χ1n) is 7.45. The van der Waals surface area contributed by atoms with Crippen molar-refractivity contribution >= 4 is 17.3 Å². The summed E-state index contributed by atoms with van der Waals surface area (Å²) in [6.45, 7) is 0.109. The lowest BCUT2D eigenvalue weighted by molar-refractivity contribution is 0.0468. The summed E-state index contributed by atoms with van der Waals surface area (Å²) in [6.07, 6.45) is 1.42. The highest BCUT2D eigenvalue weighted by Gasteiger charge is 2.11. The monoisotopic (exact) mass is 356 g/mol. The van der Waals surface area contributed by atoms with Gasteiger partial charge in [-0.15, -0.1) is 11.3 Å². The lowest BCUT2D eigenvalue weighted by Gasteiger charge is -2.03. The summed E-state index contributed by atoms with van der Waals surface area (Å²) in [6, 6.07) is 10.9. The van der Waals surface area contributed by atoms with Gasteiger partial charge < -0.3 is 14.2 Å². The number of hydrogen-bond acceptors (Lipinski definition) is 7. The van der Waals surface area contributed by atoms with E-state index in [9.17, 15) is 4.79 Å². The Bertz CT molecular complexity index is 844. The average Bonchev–Trinajstić information content (AvgIpc) is 3.15. The summed E-state index contributed by atoms with van der Waals surface area (Å²) >= 11 is 1.50. The smallest absolute Gasteiger partial charge is 0.340 e. The van der Waals surface area contributed by atoms with Crippen molar-refractivity contribution in [2.45, 2.75) is 6.61 Å².